The molecule has 0 fully saturated rings. The molecule has 0 aliphatic carbocycles. The second-order valence-corrected chi connectivity index (χ2v) is 5.61. The lowest BCUT2D eigenvalue weighted by atomic mass is 10.0. The molecule has 5 nitrogen and oxygen atoms in total. The fourth-order valence-electron chi connectivity index (χ4n) is 1.69. The Balaban J connectivity index is 3.41. The van der Waals surface area contributed by atoms with Crippen LogP contribution in [0.2, 0.25) is 0 Å². The molecule has 1 aromatic carbocycles. The summed E-state index contributed by atoms with van der Waals surface area (Å²) in [5.41, 5.74) is 0.444. The van der Waals surface area contributed by atoms with E-state index in [4.69, 9.17) is 5.14 Å². The molecular formula is C12H16FNO4S. The van der Waals surface area contributed by atoms with Crippen molar-refractivity contribution in [3.05, 3.63) is 29.1 Å². The molecular weight excluding hydrogens is 273 g/mol. The van der Waals surface area contributed by atoms with Gasteiger partial charge in [0.1, 0.15) is 10.7 Å². The zero-order chi connectivity index (χ0) is 14.6. The Morgan fingerprint density at radius 1 is 1.42 bits per heavy atom. The van der Waals surface area contributed by atoms with Gasteiger partial charge in [-0.05, 0) is 30.5 Å². The third kappa shape index (κ3) is 3.74. The largest absolute Gasteiger partial charge is 0.465 e. The van der Waals surface area contributed by atoms with Crippen LogP contribution >= 0.6 is 0 Å². The first-order chi connectivity index (χ1) is 8.81. The highest BCUT2D eigenvalue weighted by atomic mass is 32.2. The lowest BCUT2D eigenvalue weighted by Crippen LogP contribution is -2.17. The van der Waals surface area contributed by atoms with E-state index < -0.39 is 26.7 Å². The molecule has 1 aromatic rings. The number of carbonyl (C=O) groups excluding carboxylic acids is 1. The summed E-state index contributed by atoms with van der Waals surface area (Å²) < 4.78 is 40.7. The fraction of sp³-hybridized carbons (Fsp3) is 0.417. The van der Waals surface area contributed by atoms with Crippen molar-refractivity contribution in [1.82, 2.24) is 0 Å². The maximum atomic E-state index is 13.7. The Kier molecular flexibility index (Phi) is 5.02. The zero-order valence-electron chi connectivity index (χ0n) is 10.8. The Bertz CT molecular complexity index is 584. The van der Waals surface area contributed by atoms with Crippen LogP contribution in [0.4, 0.5) is 4.39 Å². The van der Waals surface area contributed by atoms with Gasteiger partial charge in [0, 0.05) is 0 Å². The molecule has 0 aliphatic heterocycles. The van der Waals surface area contributed by atoms with Gasteiger partial charge in [-0.25, -0.2) is 22.7 Å². The Labute approximate surface area is 111 Å². The Morgan fingerprint density at radius 3 is 2.53 bits per heavy atom. The van der Waals surface area contributed by atoms with E-state index in [1.54, 1.807) is 0 Å². The molecule has 0 unspecified atom stereocenters. The minimum absolute atomic E-state index is 0.0291. The summed E-state index contributed by atoms with van der Waals surface area (Å²) in [7, 11) is -3.05. The number of ether oxygens (including phenoxy) is 1. The van der Waals surface area contributed by atoms with E-state index >= 15 is 0 Å². The van der Waals surface area contributed by atoms with Crippen molar-refractivity contribution in [3.8, 4) is 0 Å². The first kappa shape index (κ1) is 15.6. The molecule has 0 bridgehead atoms. The average Bonchev–Trinajstić information content (AvgIpc) is 2.33. The summed E-state index contributed by atoms with van der Waals surface area (Å²) in [6.45, 7) is 1.95. The quantitative estimate of drug-likeness (QED) is 0.834. The van der Waals surface area contributed by atoms with Gasteiger partial charge in [-0.2, -0.15) is 0 Å². The van der Waals surface area contributed by atoms with Crippen LogP contribution < -0.4 is 5.14 Å². The number of halogens is 1. The number of unbranched alkanes of at least 4 members (excludes halogenated alkanes) is 1. The number of primary sulfonamides is 1. The van der Waals surface area contributed by atoms with E-state index in [2.05, 4.69) is 4.74 Å². The van der Waals surface area contributed by atoms with Gasteiger partial charge in [-0.15, -0.1) is 0 Å². The van der Waals surface area contributed by atoms with Crippen LogP contribution in [0.1, 0.15) is 35.7 Å². The lowest BCUT2D eigenvalue weighted by molar-refractivity contribution is 0.0599. The molecule has 0 amide bonds. The number of nitrogens with two attached hydrogens (primary N) is 1. The highest BCUT2D eigenvalue weighted by Gasteiger charge is 2.21. The zero-order valence-corrected chi connectivity index (χ0v) is 11.6. The smallest absolute Gasteiger partial charge is 0.338 e. The number of benzene rings is 1. The normalized spacial score (nSPS) is 11.4. The molecule has 0 atom stereocenters. The molecule has 0 radical (unpaired) electrons. The van der Waals surface area contributed by atoms with E-state index in [-0.39, 0.29) is 5.56 Å². The van der Waals surface area contributed by atoms with Crippen LogP contribution in [0.15, 0.2) is 17.0 Å². The summed E-state index contributed by atoms with van der Waals surface area (Å²) in [6, 6.07) is 1.96. The van der Waals surface area contributed by atoms with Crippen LogP contribution in [0.3, 0.4) is 0 Å². The van der Waals surface area contributed by atoms with Crippen molar-refractivity contribution in [2.75, 3.05) is 7.11 Å². The SMILES string of the molecule is CCCCc1cc(F)c(S(N)(=O)=O)cc1C(=O)OC. The van der Waals surface area contributed by atoms with E-state index in [9.17, 15) is 17.6 Å². The minimum atomic E-state index is -4.22. The lowest BCUT2D eigenvalue weighted by Gasteiger charge is -2.10. The molecule has 7 heteroatoms. The summed E-state index contributed by atoms with van der Waals surface area (Å²) in [5.74, 6) is -1.67. The molecule has 2 N–H and O–H groups in total. The van der Waals surface area contributed by atoms with Crippen LogP contribution in [-0.4, -0.2) is 21.5 Å². The van der Waals surface area contributed by atoms with Gasteiger partial charge >= 0.3 is 5.97 Å². The van der Waals surface area contributed by atoms with Crippen molar-refractivity contribution in [2.24, 2.45) is 5.14 Å². The second kappa shape index (κ2) is 6.12. The Morgan fingerprint density at radius 2 is 2.05 bits per heavy atom. The van der Waals surface area contributed by atoms with E-state index in [1.165, 1.54) is 7.11 Å². The molecule has 0 saturated carbocycles. The molecule has 1 rings (SSSR count). The number of carbonyl (C=O) groups is 1. The molecule has 19 heavy (non-hydrogen) atoms. The van der Waals surface area contributed by atoms with Crippen LogP contribution in [0.25, 0.3) is 0 Å². The van der Waals surface area contributed by atoms with Crippen LogP contribution in [-0.2, 0) is 21.2 Å². The molecule has 0 aliphatic rings. The highest BCUT2D eigenvalue weighted by molar-refractivity contribution is 7.89. The maximum Gasteiger partial charge on any atom is 0.338 e. The van der Waals surface area contributed by atoms with Gasteiger partial charge in [0.15, 0.2) is 0 Å². The van der Waals surface area contributed by atoms with Gasteiger partial charge in [0.05, 0.1) is 12.7 Å². The minimum Gasteiger partial charge on any atom is -0.465 e. The number of methoxy groups -OCH3 is 1. The maximum absolute atomic E-state index is 13.7. The van der Waals surface area contributed by atoms with Crippen LogP contribution in [0, 0.1) is 5.82 Å². The molecule has 0 heterocycles. The fourth-order valence-corrected chi connectivity index (χ4v) is 2.30. The topological polar surface area (TPSA) is 86.5 Å². The third-order valence-corrected chi connectivity index (χ3v) is 3.60. The van der Waals surface area contributed by atoms with Crippen molar-refractivity contribution in [3.63, 3.8) is 0 Å². The van der Waals surface area contributed by atoms with Gasteiger partial charge in [0.25, 0.3) is 0 Å². The number of rotatable bonds is 5. The molecule has 0 aromatic heterocycles. The van der Waals surface area contributed by atoms with Crippen molar-refractivity contribution in [1.29, 1.82) is 0 Å². The van der Waals surface area contributed by atoms with Crippen molar-refractivity contribution < 1.29 is 22.3 Å². The summed E-state index contributed by atoms with van der Waals surface area (Å²) in [5, 5.41) is 4.90. The average molecular weight is 289 g/mol. The number of aryl methyl sites for hydroxylation is 1. The predicted molar refractivity (Wildman–Crippen MR) is 67.7 cm³/mol. The summed E-state index contributed by atoms with van der Waals surface area (Å²) in [6.07, 6.45) is 2.07. The number of hydrogen-bond donors (Lipinski definition) is 1. The molecule has 0 spiro atoms. The van der Waals surface area contributed by atoms with Gasteiger partial charge in [-0.3, -0.25) is 0 Å². The van der Waals surface area contributed by atoms with Crippen molar-refractivity contribution in [2.45, 2.75) is 31.1 Å². The molecule has 0 saturated heterocycles. The highest BCUT2D eigenvalue weighted by Crippen LogP contribution is 2.21. The monoisotopic (exact) mass is 289 g/mol. The number of hydrogen-bond acceptors (Lipinski definition) is 4. The first-order valence-corrected chi connectivity index (χ1v) is 7.29. The van der Waals surface area contributed by atoms with Gasteiger partial charge in [-0.1, -0.05) is 13.3 Å². The predicted octanol–water partition coefficient (Wildman–Crippen LogP) is 1.60. The van der Waals surface area contributed by atoms with Crippen LogP contribution in [0.5, 0.6) is 0 Å². The van der Waals surface area contributed by atoms with Gasteiger partial charge < -0.3 is 4.74 Å². The van der Waals surface area contributed by atoms with Crippen molar-refractivity contribution >= 4 is 16.0 Å². The first-order valence-electron chi connectivity index (χ1n) is 5.74. The van der Waals surface area contributed by atoms with E-state index in [0.29, 0.717) is 12.0 Å². The number of sulfonamides is 1. The molecule has 106 valence electrons. The van der Waals surface area contributed by atoms with E-state index in [0.717, 1.165) is 25.0 Å². The summed E-state index contributed by atoms with van der Waals surface area (Å²) >= 11 is 0. The number of esters is 1. The van der Waals surface area contributed by atoms with E-state index in [1.807, 2.05) is 6.92 Å². The second-order valence-electron chi connectivity index (χ2n) is 4.08. The third-order valence-electron chi connectivity index (χ3n) is 2.67. The standard InChI is InChI=1S/C12H16FNO4S/c1-3-4-5-8-6-10(13)11(19(14,16)17)7-9(8)12(15)18-2/h6-7H,3-5H2,1-2H3,(H2,14,16,17). The summed E-state index contributed by atoms with van der Waals surface area (Å²) in [4.78, 5) is 10.9. The van der Waals surface area contributed by atoms with Gasteiger partial charge in [0.2, 0.25) is 10.0 Å². The Hall–Kier alpha value is -1.47.